The van der Waals surface area contributed by atoms with Gasteiger partial charge in [-0.15, -0.1) is 5.10 Å². The summed E-state index contributed by atoms with van der Waals surface area (Å²) in [4.78, 5) is 28.1. The number of anilines is 3. The van der Waals surface area contributed by atoms with E-state index >= 15 is 0 Å². The molecule has 0 radical (unpaired) electrons. The lowest BCUT2D eigenvalue weighted by molar-refractivity contribution is 0.192. The predicted octanol–water partition coefficient (Wildman–Crippen LogP) is 4.23. The van der Waals surface area contributed by atoms with Crippen LogP contribution in [0.25, 0.3) is 16.2 Å². The molecule has 1 fully saturated rings. The fourth-order valence-corrected chi connectivity index (χ4v) is 6.32. The summed E-state index contributed by atoms with van der Waals surface area (Å²) in [5.74, 6) is 0.441. The second kappa shape index (κ2) is 9.95. The number of aryl methyl sites for hydroxylation is 1. The van der Waals surface area contributed by atoms with Gasteiger partial charge < -0.3 is 20.4 Å². The molecule has 37 heavy (non-hydrogen) atoms. The highest BCUT2D eigenvalue weighted by Crippen LogP contribution is 2.38. The largest absolute Gasteiger partial charge is 0.351 e. The molecule has 0 saturated carbocycles. The van der Waals surface area contributed by atoms with Crippen LogP contribution in [0.4, 0.5) is 25.3 Å². The number of likely N-dealkylation sites (N-methyl/N-ethyl adjacent to an activating group) is 1. The van der Waals surface area contributed by atoms with Crippen LogP contribution < -0.4 is 15.5 Å². The SMILES string of the molecule is CCc1nc2sc(N3CCC[C@@H](N(C)C(N)=O)C3)nn2c1N(C)c1nc(-c2ccc(F)cc2)c(C#N)s1. The highest BCUT2D eigenvalue weighted by molar-refractivity contribution is 7.20. The van der Waals surface area contributed by atoms with Gasteiger partial charge in [-0.3, -0.25) is 0 Å². The fraction of sp³-hybridized carbons (Fsp3) is 0.375. The third kappa shape index (κ3) is 4.58. The molecule has 2 N–H and O–H groups in total. The molecule has 10 nitrogen and oxygen atoms in total. The van der Waals surface area contributed by atoms with Crippen molar-refractivity contribution in [2.24, 2.45) is 5.73 Å². The van der Waals surface area contributed by atoms with Crippen molar-refractivity contribution in [2.45, 2.75) is 32.2 Å². The van der Waals surface area contributed by atoms with Crippen molar-refractivity contribution in [3.8, 4) is 17.3 Å². The average Bonchev–Trinajstić information content (AvgIpc) is 3.61. The molecule has 0 unspecified atom stereocenters. The van der Waals surface area contributed by atoms with Crippen LogP contribution in [0.15, 0.2) is 24.3 Å². The minimum atomic E-state index is -0.433. The van der Waals surface area contributed by atoms with Crippen LogP contribution in [0, 0.1) is 17.1 Å². The number of rotatable bonds is 6. The van der Waals surface area contributed by atoms with E-state index in [9.17, 15) is 14.4 Å². The third-order valence-electron chi connectivity index (χ3n) is 6.58. The maximum absolute atomic E-state index is 13.4. The Morgan fingerprint density at radius 3 is 2.70 bits per heavy atom. The predicted molar refractivity (Wildman–Crippen MR) is 143 cm³/mol. The van der Waals surface area contributed by atoms with Crippen molar-refractivity contribution in [3.63, 3.8) is 0 Å². The average molecular weight is 540 g/mol. The van der Waals surface area contributed by atoms with Crippen LogP contribution in [0.3, 0.4) is 0 Å². The molecule has 1 saturated heterocycles. The fourth-order valence-electron chi connectivity index (χ4n) is 4.52. The smallest absolute Gasteiger partial charge is 0.314 e. The summed E-state index contributed by atoms with van der Waals surface area (Å²) < 4.78 is 15.3. The van der Waals surface area contributed by atoms with E-state index in [1.54, 1.807) is 24.1 Å². The number of benzene rings is 1. The van der Waals surface area contributed by atoms with Crippen molar-refractivity contribution in [2.75, 3.05) is 37.0 Å². The lowest BCUT2D eigenvalue weighted by Crippen LogP contribution is -2.50. The second-order valence-corrected chi connectivity index (χ2v) is 10.8. The van der Waals surface area contributed by atoms with Gasteiger partial charge in [0.25, 0.3) is 0 Å². The Kier molecular flexibility index (Phi) is 6.70. The summed E-state index contributed by atoms with van der Waals surface area (Å²) in [6.07, 6.45) is 2.52. The standard InChI is InChI=1S/C24H26FN9OS2/c1-4-17-20(32(3)22-29-19(18(12-26)36-22)14-7-9-15(25)10-8-14)34-23(28-17)37-24(30-34)33-11-5-6-16(13-33)31(2)21(27)35/h7-10,16H,4-6,11,13H2,1-3H3,(H2,27,35)/t16-/m1/s1. The number of carbonyl (C=O) groups is 1. The number of hydrogen-bond acceptors (Lipinski definition) is 9. The van der Waals surface area contributed by atoms with E-state index in [1.165, 1.54) is 34.8 Å². The molecule has 13 heteroatoms. The number of fused-ring (bicyclic) bond motifs is 1. The Labute approximate surface area is 221 Å². The van der Waals surface area contributed by atoms with Crippen molar-refractivity contribution in [1.82, 2.24) is 24.5 Å². The van der Waals surface area contributed by atoms with Crippen LogP contribution in [0.1, 0.15) is 30.3 Å². The van der Waals surface area contributed by atoms with Crippen LogP contribution >= 0.6 is 22.7 Å². The van der Waals surface area contributed by atoms with Gasteiger partial charge >= 0.3 is 6.03 Å². The van der Waals surface area contributed by atoms with Gasteiger partial charge in [0.15, 0.2) is 10.9 Å². The van der Waals surface area contributed by atoms with Gasteiger partial charge in [-0.2, -0.15) is 9.78 Å². The lowest BCUT2D eigenvalue weighted by Gasteiger charge is -2.36. The van der Waals surface area contributed by atoms with Crippen LogP contribution in [-0.2, 0) is 6.42 Å². The van der Waals surface area contributed by atoms with E-state index in [2.05, 4.69) is 11.0 Å². The number of nitrogens with two attached hydrogens (primary N) is 1. The second-order valence-electron chi connectivity index (χ2n) is 8.86. The molecule has 0 spiro atoms. The molecule has 1 aromatic carbocycles. The van der Waals surface area contributed by atoms with Crippen LogP contribution in [0.5, 0.6) is 0 Å². The number of nitriles is 1. The van der Waals surface area contributed by atoms with Gasteiger partial charge in [0.2, 0.25) is 10.1 Å². The van der Waals surface area contributed by atoms with E-state index < -0.39 is 6.03 Å². The van der Waals surface area contributed by atoms with Crippen LogP contribution in [-0.4, -0.2) is 63.7 Å². The number of primary amides is 1. The number of urea groups is 1. The molecular formula is C24H26FN9OS2. The van der Waals surface area contributed by atoms with Crippen molar-refractivity contribution >= 4 is 49.7 Å². The number of thiazole rings is 1. The van der Waals surface area contributed by atoms with Crippen molar-refractivity contribution in [1.29, 1.82) is 5.26 Å². The van der Waals surface area contributed by atoms with Gasteiger partial charge in [-0.05, 0) is 43.5 Å². The summed E-state index contributed by atoms with van der Waals surface area (Å²) in [6.45, 7) is 3.53. The zero-order chi connectivity index (χ0) is 26.3. The topological polar surface area (TPSA) is 120 Å². The first kappa shape index (κ1) is 24.9. The van der Waals surface area contributed by atoms with Crippen molar-refractivity contribution in [3.05, 3.63) is 40.7 Å². The summed E-state index contributed by atoms with van der Waals surface area (Å²) in [5, 5.41) is 16.1. The maximum Gasteiger partial charge on any atom is 0.314 e. The molecule has 4 aromatic rings. The molecule has 192 valence electrons. The minimum Gasteiger partial charge on any atom is -0.351 e. The molecule has 3 aromatic heterocycles. The quantitative estimate of drug-likeness (QED) is 0.389. The zero-order valence-electron chi connectivity index (χ0n) is 20.7. The van der Waals surface area contributed by atoms with Gasteiger partial charge in [-0.1, -0.05) is 29.6 Å². The molecule has 1 atom stereocenters. The lowest BCUT2D eigenvalue weighted by atomic mass is 10.1. The number of carbonyl (C=O) groups excluding carboxylic acids is 1. The number of aromatic nitrogens is 4. The number of imidazole rings is 1. The number of nitrogens with zero attached hydrogens (tertiary/aromatic N) is 8. The Balaban J connectivity index is 1.49. The molecule has 2 amide bonds. The summed E-state index contributed by atoms with van der Waals surface area (Å²) in [6, 6.07) is 7.78. The zero-order valence-corrected chi connectivity index (χ0v) is 22.3. The molecule has 0 aliphatic carbocycles. The van der Waals surface area contributed by atoms with Crippen LogP contribution in [0.2, 0.25) is 0 Å². The number of piperidine rings is 1. The molecule has 1 aliphatic rings. The maximum atomic E-state index is 13.4. The normalized spacial score (nSPS) is 15.6. The van der Waals surface area contributed by atoms with Crippen molar-refractivity contribution < 1.29 is 9.18 Å². The molecule has 5 rings (SSSR count). The first-order valence-electron chi connectivity index (χ1n) is 11.9. The number of halogens is 1. The van der Waals surface area contributed by atoms with E-state index in [0.29, 0.717) is 34.2 Å². The number of amides is 2. The van der Waals surface area contributed by atoms with E-state index in [0.717, 1.165) is 41.0 Å². The summed E-state index contributed by atoms with van der Waals surface area (Å²) in [5.41, 5.74) is 7.57. The number of hydrogen-bond donors (Lipinski definition) is 1. The highest BCUT2D eigenvalue weighted by atomic mass is 32.1. The molecule has 4 heterocycles. The van der Waals surface area contributed by atoms with Gasteiger partial charge in [0, 0.05) is 32.7 Å². The summed E-state index contributed by atoms with van der Waals surface area (Å²) >= 11 is 2.77. The third-order valence-corrected chi connectivity index (χ3v) is 8.58. The Morgan fingerprint density at radius 2 is 2.03 bits per heavy atom. The highest BCUT2D eigenvalue weighted by Gasteiger charge is 2.29. The Hall–Kier alpha value is -3.76. The molecule has 1 aliphatic heterocycles. The molecule has 0 bridgehead atoms. The molecular weight excluding hydrogens is 513 g/mol. The monoisotopic (exact) mass is 539 g/mol. The van der Waals surface area contributed by atoms with Gasteiger partial charge in [-0.25, -0.2) is 19.2 Å². The van der Waals surface area contributed by atoms with E-state index in [1.807, 2.05) is 23.4 Å². The van der Waals surface area contributed by atoms with E-state index in [4.69, 9.17) is 20.8 Å². The first-order valence-corrected chi connectivity index (χ1v) is 13.5. The van der Waals surface area contributed by atoms with Gasteiger partial charge in [0.05, 0.1) is 11.7 Å². The van der Waals surface area contributed by atoms with Gasteiger partial charge in [0.1, 0.15) is 22.5 Å². The first-order chi connectivity index (χ1) is 17.8. The minimum absolute atomic E-state index is 0.0282. The Morgan fingerprint density at radius 1 is 1.27 bits per heavy atom. The van der Waals surface area contributed by atoms with E-state index in [-0.39, 0.29) is 11.9 Å². The summed E-state index contributed by atoms with van der Waals surface area (Å²) in [7, 11) is 3.62. The Bertz CT molecular complexity index is 1490.